The number of hydrogen-bond acceptors (Lipinski definition) is 3. The molecule has 2 N–H and O–H groups in total. The maximum absolute atomic E-state index is 12.5. The first-order chi connectivity index (χ1) is 12.9. The molecular formula is C21H34N3O3+. The summed E-state index contributed by atoms with van der Waals surface area (Å²) < 4.78 is 5.87. The molecule has 27 heavy (non-hydrogen) atoms. The third-order valence-corrected chi connectivity index (χ3v) is 4.95. The van der Waals surface area contributed by atoms with Crippen molar-refractivity contribution in [3.63, 3.8) is 0 Å². The maximum atomic E-state index is 12.5. The average Bonchev–Trinajstić information content (AvgIpc) is 2.64. The van der Waals surface area contributed by atoms with Crippen molar-refractivity contribution in [2.24, 2.45) is 0 Å². The zero-order valence-electron chi connectivity index (χ0n) is 17.1. The van der Waals surface area contributed by atoms with Crippen molar-refractivity contribution < 1.29 is 19.2 Å². The molecule has 1 aromatic rings. The van der Waals surface area contributed by atoms with Crippen LogP contribution in [0, 0.1) is 6.92 Å². The molecular weight excluding hydrogens is 342 g/mol. The van der Waals surface area contributed by atoms with Gasteiger partial charge in [-0.1, -0.05) is 32.9 Å². The summed E-state index contributed by atoms with van der Waals surface area (Å²) in [5, 5.41) is 2.91. The number of hydrogen-bond donors (Lipinski definition) is 2. The molecule has 0 atom stereocenters. The van der Waals surface area contributed by atoms with Gasteiger partial charge in [0.25, 0.3) is 11.8 Å². The monoisotopic (exact) mass is 376 g/mol. The van der Waals surface area contributed by atoms with E-state index in [9.17, 15) is 9.59 Å². The normalized spacial score (nSPS) is 15.1. The molecule has 6 heteroatoms. The number of ether oxygens (including phenoxy) is 1. The number of aryl methyl sites for hydroxylation is 1. The van der Waals surface area contributed by atoms with Gasteiger partial charge in [0.2, 0.25) is 0 Å². The number of nitrogens with zero attached hydrogens (tertiary/aromatic N) is 1. The van der Waals surface area contributed by atoms with Crippen molar-refractivity contribution in [1.82, 2.24) is 10.2 Å². The molecule has 6 nitrogen and oxygen atoms in total. The van der Waals surface area contributed by atoms with Gasteiger partial charge in [0, 0.05) is 6.54 Å². The fourth-order valence-electron chi connectivity index (χ4n) is 3.28. The highest BCUT2D eigenvalue weighted by Gasteiger charge is 2.25. The van der Waals surface area contributed by atoms with Crippen LogP contribution in [0.25, 0.3) is 0 Å². The Labute approximate surface area is 162 Å². The van der Waals surface area contributed by atoms with Crippen LogP contribution in [-0.2, 0) is 9.59 Å². The lowest BCUT2D eigenvalue weighted by Crippen LogP contribution is -3.15. The van der Waals surface area contributed by atoms with Crippen LogP contribution in [0.5, 0.6) is 5.75 Å². The van der Waals surface area contributed by atoms with E-state index >= 15 is 0 Å². The molecule has 0 aromatic heterocycles. The summed E-state index contributed by atoms with van der Waals surface area (Å²) in [6.45, 7) is 12.5. The SMILES string of the molecule is CCCNC(=O)C[NH+]1CCN(C(=O)COc2cc(C)ccc2C(C)C)CC1. The lowest BCUT2D eigenvalue weighted by Gasteiger charge is -2.32. The van der Waals surface area contributed by atoms with Gasteiger partial charge < -0.3 is 19.9 Å². The van der Waals surface area contributed by atoms with Gasteiger partial charge in [-0.3, -0.25) is 9.59 Å². The standard InChI is InChI=1S/C21H33N3O3/c1-5-8-22-20(25)14-23-9-11-24(12-10-23)21(26)15-27-19-13-17(4)6-7-18(19)16(2)3/h6-7,13,16H,5,8-12,14-15H2,1-4H3,(H,22,25)/p+1. The van der Waals surface area contributed by atoms with E-state index in [1.165, 1.54) is 4.90 Å². The Hall–Kier alpha value is -2.08. The van der Waals surface area contributed by atoms with E-state index in [0.717, 1.165) is 42.9 Å². The number of amides is 2. The molecule has 0 aliphatic carbocycles. The summed E-state index contributed by atoms with van der Waals surface area (Å²) in [4.78, 5) is 27.4. The quantitative estimate of drug-likeness (QED) is 0.704. The van der Waals surface area contributed by atoms with Gasteiger partial charge >= 0.3 is 0 Å². The highest BCUT2D eigenvalue weighted by atomic mass is 16.5. The van der Waals surface area contributed by atoms with E-state index in [1.54, 1.807) is 0 Å². The number of carbonyl (C=O) groups excluding carboxylic acids is 2. The second-order valence-electron chi connectivity index (χ2n) is 7.64. The Morgan fingerprint density at radius 3 is 2.59 bits per heavy atom. The number of benzene rings is 1. The van der Waals surface area contributed by atoms with Gasteiger partial charge in [0.1, 0.15) is 5.75 Å². The van der Waals surface area contributed by atoms with Gasteiger partial charge in [0.15, 0.2) is 13.2 Å². The molecule has 1 fully saturated rings. The largest absolute Gasteiger partial charge is 0.483 e. The molecule has 150 valence electrons. The predicted octanol–water partition coefficient (Wildman–Crippen LogP) is 0.751. The predicted molar refractivity (Wildman–Crippen MR) is 106 cm³/mol. The van der Waals surface area contributed by atoms with Gasteiger partial charge in [-0.15, -0.1) is 0 Å². The van der Waals surface area contributed by atoms with Crippen LogP contribution in [0.15, 0.2) is 18.2 Å². The summed E-state index contributed by atoms with van der Waals surface area (Å²) in [5.74, 6) is 1.26. The fraction of sp³-hybridized carbons (Fsp3) is 0.619. The Morgan fingerprint density at radius 2 is 1.96 bits per heavy atom. The van der Waals surface area contributed by atoms with Crippen molar-refractivity contribution >= 4 is 11.8 Å². The molecule has 0 radical (unpaired) electrons. The molecule has 0 saturated carbocycles. The zero-order valence-corrected chi connectivity index (χ0v) is 17.1. The number of nitrogens with one attached hydrogen (secondary N) is 2. The first-order valence-corrected chi connectivity index (χ1v) is 10.0. The molecule has 0 unspecified atom stereocenters. The molecule has 0 bridgehead atoms. The molecule has 1 saturated heterocycles. The van der Waals surface area contributed by atoms with Crippen molar-refractivity contribution in [1.29, 1.82) is 0 Å². The van der Waals surface area contributed by atoms with Crippen LogP contribution in [0.3, 0.4) is 0 Å². The van der Waals surface area contributed by atoms with E-state index in [-0.39, 0.29) is 18.4 Å². The second kappa shape index (κ2) is 10.3. The Balaban J connectivity index is 1.80. The Morgan fingerprint density at radius 1 is 1.26 bits per heavy atom. The molecule has 1 aromatic carbocycles. The van der Waals surface area contributed by atoms with Crippen molar-refractivity contribution in [2.75, 3.05) is 45.9 Å². The van der Waals surface area contributed by atoms with Crippen LogP contribution in [0.1, 0.15) is 44.2 Å². The van der Waals surface area contributed by atoms with Gasteiger partial charge in [-0.25, -0.2) is 0 Å². The molecule has 1 aliphatic rings. The van der Waals surface area contributed by atoms with Gasteiger partial charge in [-0.05, 0) is 36.5 Å². The van der Waals surface area contributed by atoms with Crippen LogP contribution < -0.4 is 15.0 Å². The highest BCUT2D eigenvalue weighted by molar-refractivity contribution is 5.78. The number of carbonyl (C=O) groups is 2. The molecule has 1 aliphatic heterocycles. The second-order valence-corrected chi connectivity index (χ2v) is 7.64. The minimum atomic E-state index is 0.0145. The van der Waals surface area contributed by atoms with E-state index < -0.39 is 0 Å². The maximum Gasteiger partial charge on any atom is 0.275 e. The topological polar surface area (TPSA) is 63.1 Å². The number of quaternary nitrogens is 1. The summed E-state index contributed by atoms with van der Waals surface area (Å²) in [5.41, 5.74) is 2.25. The Bertz CT molecular complexity index is 638. The minimum absolute atomic E-state index is 0.0145. The number of piperazine rings is 1. The lowest BCUT2D eigenvalue weighted by molar-refractivity contribution is -0.896. The van der Waals surface area contributed by atoms with E-state index in [4.69, 9.17) is 4.74 Å². The number of rotatable bonds is 8. The lowest BCUT2D eigenvalue weighted by atomic mass is 10.0. The zero-order chi connectivity index (χ0) is 19.8. The molecule has 0 spiro atoms. The first-order valence-electron chi connectivity index (χ1n) is 10.0. The average molecular weight is 377 g/mol. The van der Waals surface area contributed by atoms with E-state index in [1.807, 2.05) is 24.8 Å². The third-order valence-electron chi connectivity index (χ3n) is 4.95. The van der Waals surface area contributed by atoms with Crippen LogP contribution in [0.4, 0.5) is 0 Å². The van der Waals surface area contributed by atoms with Gasteiger partial charge in [0.05, 0.1) is 26.2 Å². The molecule has 2 rings (SSSR count). The highest BCUT2D eigenvalue weighted by Crippen LogP contribution is 2.27. The summed E-state index contributed by atoms with van der Waals surface area (Å²) >= 11 is 0. The first kappa shape index (κ1) is 21.2. The summed E-state index contributed by atoms with van der Waals surface area (Å²) in [6.07, 6.45) is 0.947. The summed E-state index contributed by atoms with van der Waals surface area (Å²) in [6, 6.07) is 6.15. The van der Waals surface area contributed by atoms with Crippen molar-refractivity contribution in [3.8, 4) is 5.75 Å². The fourth-order valence-corrected chi connectivity index (χ4v) is 3.28. The third kappa shape index (κ3) is 6.54. The molecule has 1 heterocycles. The van der Waals surface area contributed by atoms with Crippen LogP contribution >= 0.6 is 0 Å². The van der Waals surface area contributed by atoms with Crippen LogP contribution in [-0.4, -0.2) is 62.6 Å². The molecule has 2 amide bonds. The van der Waals surface area contributed by atoms with Crippen LogP contribution in [0.2, 0.25) is 0 Å². The summed E-state index contributed by atoms with van der Waals surface area (Å²) in [7, 11) is 0. The Kier molecular flexibility index (Phi) is 8.10. The van der Waals surface area contributed by atoms with E-state index in [2.05, 4.69) is 31.3 Å². The van der Waals surface area contributed by atoms with Crippen molar-refractivity contribution in [2.45, 2.75) is 40.0 Å². The smallest absolute Gasteiger partial charge is 0.275 e. The van der Waals surface area contributed by atoms with Gasteiger partial charge in [-0.2, -0.15) is 0 Å². The van der Waals surface area contributed by atoms with E-state index in [0.29, 0.717) is 25.6 Å². The minimum Gasteiger partial charge on any atom is -0.483 e. The van der Waals surface area contributed by atoms with Crippen molar-refractivity contribution in [3.05, 3.63) is 29.3 Å².